The summed E-state index contributed by atoms with van der Waals surface area (Å²) in [7, 11) is -3.55. The summed E-state index contributed by atoms with van der Waals surface area (Å²) in [6.45, 7) is 0.593. The van der Waals surface area contributed by atoms with E-state index in [0.29, 0.717) is 16.9 Å². The van der Waals surface area contributed by atoms with Crippen LogP contribution in [0.4, 0.5) is 5.82 Å². The largest absolute Gasteiger partial charge is 0.383 e. The van der Waals surface area contributed by atoms with Gasteiger partial charge in [-0.1, -0.05) is 6.42 Å². The Kier molecular flexibility index (Phi) is 3.77. The summed E-state index contributed by atoms with van der Waals surface area (Å²) < 4.78 is 28.1. The van der Waals surface area contributed by atoms with Crippen LogP contribution in [0.2, 0.25) is 0 Å². The van der Waals surface area contributed by atoms with Gasteiger partial charge >= 0.3 is 0 Å². The van der Waals surface area contributed by atoms with Gasteiger partial charge in [-0.05, 0) is 53.6 Å². The minimum atomic E-state index is -3.55. The molecule has 1 aromatic heterocycles. The fourth-order valence-electron chi connectivity index (χ4n) is 3.47. The molecule has 0 amide bonds. The van der Waals surface area contributed by atoms with Crippen LogP contribution in [-0.2, 0) is 10.0 Å². The average Bonchev–Trinajstić information content (AvgIpc) is 2.89. The summed E-state index contributed by atoms with van der Waals surface area (Å²) in [5, 5.41) is 0. The number of aromatic nitrogens is 1. The fraction of sp³-hybridized carbons (Fsp3) is 0.615. The van der Waals surface area contributed by atoms with Gasteiger partial charge in [0.1, 0.15) is 10.7 Å². The Hall–Kier alpha value is -0.660. The third-order valence-electron chi connectivity index (χ3n) is 4.38. The molecule has 1 aromatic rings. The fourth-order valence-corrected chi connectivity index (χ4v) is 5.80. The first-order valence-electron chi connectivity index (χ1n) is 6.93. The maximum absolute atomic E-state index is 12.9. The monoisotopic (exact) mass is 359 g/mol. The number of hydrogen-bond acceptors (Lipinski definition) is 4. The summed E-state index contributed by atoms with van der Waals surface area (Å²) in [6, 6.07) is 1.70. The van der Waals surface area contributed by atoms with Gasteiger partial charge in [-0.25, -0.2) is 13.4 Å². The molecular formula is C13H18BrN3O2S. The van der Waals surface area contributed by atoms with Crippen LogP contribution >= 0.6 is 15.9 Å². The van der Waals surface area contributed by atoms with Crippen LogP contribution in [0.15, 0.2) is 21.6 Å². The molecule has 2 heterocycles. The number of piperidine rings is 1. The first-order valence-corrected chi connectivity index (χ1v) is 9.16. The van der Waals surface area contributed by atoms with Crippen LogP contribution in [0.3, 0.4) is 0 Å². The molecular weight excluding hydrogens is 342 g/mol. The molecule has 0 spiro atoms. The van der Waals surface area contributed by atoms with Gasteiger partial charge in [0.25, 0.3) is 0 Å². The van der Waals surface area contributed by atoms with Gasteiger partial charge in [0.15, 0.2) is 0 Å². The number of hydrogen-bond donors (Lipinski definition) is 1. The summed E-state index contributed by atoms with van der Waals surface area (Å²) in [5.41, 5.74) is 5.78. The second-order valence-corrected chi connectivity index (χ2v) is 8.33. The molecule has 2 aliphatic rings. The van der Waals surface area contributed by atoms with Crippen LogP contribution in [0.5, 0.6) is 0 Å². The Bertz CT molecular complexity index is 620. The second kappa shape index (κ2) is 5.27. The Labute approximate surface area is 127 Å². The third-order valence-corrected chi connectivity index (χ3v) is 6.76. The van der Waals surface area contributed by atoms with Crippen LogP contribution in [0, 0.1) is 5.92 Å². The van der Waals surface area contributed by atoms with Gasteiger partial charge in [-0.15, -0.1) is 0 Å². The van der Waals surface area contributed by atoms with E-state index in [9.17, 15) is 8.42 Å². The van der Waals surface area contributed by atoms with E-state index in [1.165, 1.54) is 6.20 Å². The molecule has 0 aromatic carbocycles. The van der Waals surface area contributed by atoms with E-state index in [1.807, 2.05) is 0 Å². The van der Waals surface area contributed by atoms with Crippen molar-refractivity contribution in [1.82, 2.24) is 9.29 Å². The van der Waals surface area contributed by atoms with Gasteiger partial charge in [0, 0.05) is 23.3 Å². The highest BCUT2D eigenvalue weighted by molar-refractivity contribution is 9.10. The SMILES string of the molecule is Nc1ncc(Br)cc1S(=O)(=O)N1CCCC2CCCC21. The summed E-state index contributed by atoms with van der Waals surface area (Å²) in [5.74, 6) is 0.591. The van der Waals surface area contributed by atoms with E-state index in [2.05, 4.69) is 20.9 Å². The number of rotatable bonds is 2. The molecule has 2 N–H and O–H groups in total. The van der Waals surface area contributed by atoms with E-state index in [1.54, 1.807) is 10.4 Å². The zero-order chi connectivity index (χ0) is 14.3. The topological polar surface area (TPSA) is 76.3 Å². The standard InChI is InChI=1S/C13H18BrN3O2S/c14-10-7-12(13(15)16-8-10)20(18,19)17-6-2-4-9-3-1-5-11(9)17/h7-9,11H,1-6H2,(H2,15,16). The van der Waals surface area contributed by atoms with Gasteiger partial charge in [0.2, 0.25) is 10.0 Å². The molecule has 3 rings (SSSR count). The number of sulfonamides is 1. The number of nitrogens with zero attached hydrogens (tertiary/aromatic N) is 2. The smallest absolute Gasteiger partial charge is 0.247 e. The molecule has 1 aliphatic heterocycles. The summed E-state index contributed by atoms with van der Waals surface area (Å²) in [6.07, 6.45) is 6.81. The van der Waals surface area contributed by atoms with E-state index in [0.717, 1.165) is 32.1 Å². The molecule has 0 bridgehead atoms. The lowest BCUT2D eigenvalue weighted by Gasteiger charge is -2.36. The number of halogens is 1. The lowest BCUT2D eigenvalue weighted by molar-refractivity contribution is 0.202. The van der Waals surface area contributed by atoms with Crippen molar-refractivity contribution in [2.24, 2.45) is 5.92 Å². The molecule has 2 atom stereocenters. The van der Waals surface area contributed by atoms with Crippen molar-refractivity contribution in [3.8, 4) is 0 Å². The van der Waals surface area contributed by atoms with E-state index >= 15 is 0 Å². The molecule has 7 heteroatoms. The Morgan fingerprint density at radius 3 is 2.85 bits per heavy atom. The van der Waals surface area contributed by atoms with E-state index < -0.39 is 10.0 Å². The van der Waals surface area contributed by atoms with Gasteiger partial charge in [0.05, 0.1) is 0 Å². The zero-order valence-electron chi connectivity index (χ0n) is 11.1. The second-order valence-electron chi connectivity index (χ2n) is 5.55. The maximum Gasteiger partial charge on any atom is 0.247 e. The lowest BCUT2D eigenvalue weighted by atomic mass is 9.94. The maximum atomic E-state index is 12.9. The van der Waals surface area contributed by atoms with Crippen molar-refractivity contribution in [3.63, 3.8) is 0 Å². The predicted molar refractivity (Wildman–Crippen MR) is 80.6 cm³/mol. The van der Waals surface area contributed by atoms with Gasteiger partial charge < -0.3 is 5.73 Å². The number of fused-ring (bicyclic) bond motifs is 1. The van der Waals surface area contributed by atoms with Gasteiger partial charge in [-0.2, -0.15) is 4.31 Å². The molecule has 110 valence electrons. The minimum Gasteiger partial charge on any atom is -0.383 e. The normalized spacial score (nSPS) is 27.4. The number of nitrogens with two attached hydrogens (primary N) is 1. The van der Waals surface area contributed by atoms with Crippen molar-refractivity contribution in [2.45, 2.75) is 43.0 Å². The van der Waals surface area contributed by atoms with Crippen LogP contribution in [-0.4, -0.2) is 30.3 Å². The quantitative estimate of drug-likeness (QED) is 0.879. The molecule has 2 fully saturated rings. The Balaban J connectivity index is 2.00. The molecule has 5 nitrogen and oxygen atoms in total. The highest BCUT2D eigenvalue weighted by Gasteiger charge is 2.42. The molecule has 20 heavy (non-hydrogen) atoms. The van der Waals surface area contributed by atoms with Gasteiger partial charge in [-0.3, -0.25) is 0 Å². The predicted octanol–water partition coefficient (Wildman–Crippen LogP) is 2.38. The van der Waals surface area contributed by atoms with Crippen LogP contribution < -0.4 is 5.73 Å². The molecule has 0 radical (unpaired) electrons. The van der Waals surface area contributed by atoms with E-state index in [4.69, 9.17) is 5.73 Å². The number of pyridine rings is 1. The molecule has 1 saturated heterocycles. The number of anilines is 1. The third kappa shape index (κ3) is 2.35. The highest BCUT2D eigenvalue weighted by Crippen LogP contribution is 2.40. The first kappa shape index (κ1) is 14.3. The van der Waals surface area contributed by atoms with Crippen LogP contribution in [0.25, 0.3) is 0 Å². The Morgan fingerprint density at radius 2 is 2.05 bits per heavy atom. The van der Waals surface area contributed by atoms with Crippen LogP contribution in [0.1, 0.15) is 32.1 Å². The lowest BCUT2D eigenvalue weighted by Crippen LogP contribution is -2.46. The van der Waals surface area contributed by atoms with Crippen molar-refractivity contribution < 1.29 is 8.42 Å². The van der Waals surface area contributed by atoms with Crippen molar-refractivity contribution in [2.75, 3.05) is 12.3 Å². The van der Waals surface area contributed by atoms with E-state index in [-0.39, 0.29) is 16.8 Å². The molecule has 2 unspecified atom stereocenters. The minimum absolute atomic E-state index is 0.0771. The zero-order valence-corrected chi connectivity index (χ0v) is 13.5. The van der Waals surface area contributed by atoms with Crippen molar-refractivity contribution >= 4 is 31.8 Å². The number of nitrogen functional groups attached to an aromatic ring is 1. The summed E-state index contributed by atoms with van der Waals surface area (Å²) in [4.78, 5) is 4.07. The molecule has 1 saturated carbocycles. The summed E-state index contributed by atoms with van der Waals surface area (Å²) >= 11 is 3.27. The van der Waals surface area contributed by atoms with Crippen molar-refractivity contribution in [1.29, 1.82) is 0 Å². The highest BCUT2D eigenvalue weighted by atomic mass is 79.9. The average molecular weight is 360 g/mol. The molecule has 1 aliphatic carbocycles. The first-order chi connectivity index (χ1) is 9.50. The Morgan fingerprint density at radius 1 is 1.30 bits per heavy atom. The van der Waals surface area contributed by atoms with Crippen molar-refractivity contribution in [3.05, 3.63) is 16.7 Å².